The fourth-order valence-corrected chi connectivity index (χ4v) is 6.14. The standard InChI is InChI=1S/C30H39FN2O4/c31-25-11-7-10-24(28(25)27-13-4-6-19-37-27)29(30(34)35)33-17-16-23(20-33)36-18-5-3-9-22-15-14-21-8-1-2-12-26(21)32-22/h7,10-11,14-15,23,27,29H,1-6,8-9,12-13,16-20H2,(H,34,35)/t23-,27-,29+/m1/s1. The molecule has 1 N–H and O–H groups in total. The van der Waals surface area contributed by atoms with Crippen LogP contribution in [-0.2, 0) is 33.5 Å². The second-order valence-electron chi connectivity index (χ2n) is 10.7. The summed E-state index contributed by atoms with van der Waals surface area (Å²) in [6, 6.07) is 8.28. The average Bonchev–Trinajstić information content (AvgIpc) is 3.37. The average molecular weight is 511 g/mol. The smallest absolute Gasteiger partial charge is 0.325 e. The molecule has 2 fully saturated rings. The predicted molar refractivity (Wildman–Crippen MR) is 139 cm³/mol. The van der Waals surface area contributed by atoms with Crippen molar-refractivity contribution < 1.29 is 23.8 Å². The van der Waals surface area contributed by atoms with E-state index in [-0.39, 0.29) is 18.0 Å². The number of ether oxygens (including phenoxy) is 2. The first-order chi connectivity index (χ1) is 18.1. The molecule has 0 bridgehead atoms. The number of aromatic nitrogens is 1. The number of rotatable bonds is 10. The lowest BCUT2D eigenvalue weighted by Crippen LogP contribution is -2.35. The number of aryl methyl sites for hydroxylation is 3. The number of hydrogen-bond acceptors (Lipinski definition) is 5. The second-order valence-corrected chi connectivity index (χ2v) is 10.7. The molecule has 0 unspecified atom stereocenters. The number of hydrogen-bond donors (Lipinski definition) is 1. The maximum absolute atomic E-state index is 14.9. The number of unbranched alkanes of at least 4 members (excludes halogenated alkanes) is 1. The topological polar surface area (TPSA) is 71.9 Å². The van der Waals surface area contributed by atoms with Gasteiger partial charge in [0.2, 0.25) is 0 Å². The number of aliphatic carboxylic acids is 1. The van der Waals surface area contributed by atoms with Gasteiger partial charge in [0.15, 0.2) is 0 Å². The SMILES string of the molecule is O=C(O)[C@H](c1cccc(F)c1[C@H]1CCCCO1)N1CC[C@@H](OCCCCc2ccc3c(n2)CCCC3)C1. The zero-order valence-electron chi connectivity index (χ0n) is 21.7. The summed E-state index contributed by atoms with van der Waals surface area (Å²) in [5.74, 6) is -1.34. The van der Waals surface area contributed by atoms with Gasteiger partial charge in [0, 0.05) is 43.3 Å². The molecule has 2 saturated heterocycles. The van der Waals surface area contributed by atoms with E-state index in [1.807, 2.05) is 4.90 Å². The number of benzene rings is 1. The zero-order valence-corrected chi connectivity index (χ0v) is 21.7. The van der Waals surface area contributed by atoms with Gasteiger partial charge in [-0.3, -0.25) is 14.7 Å². The summed E-state index contributed by atoms with van der Waals surface area (Å²) in [7, 11) is 0. The van der Waals surface area contributed by atoms with E-state index in [1.54, 1.807) is 12.1 Å². The fourth-order valence-electron chi connectivity index (χ4n) is 6.14. The lowest BCUT2D eigenvalue weighted by Gasteiger charge is -2.30. The highest BCUT2D eigenvalue weighted by Gasteiger charge is 2.37. The third-order valence-corrected chi connectivity index (χ3v) is 8.08. The Bertz CT molecular complexity index is 1070. The van der Waals surface area contributed by atoms with Crippen molar-refractivity contribution in [2.45, 2.75) is 88.9 Å². The molecule has 0 amide bonds. The van der Waals surface area contributed by atoms with Crippen molar-refractivity contribution >= 4 is 5.97 Å². The minimum atomic E-state index is -0.958. The van der Waals surface area contributed by atoms with Gasteiger partial charge in [-0.05, 0) is 93.9 Å². The number of carboxylic acids is 1. The van der Waals surface area contributed by atoms with E-state index >= 15 is 0 Å². The van der Waals surface area contributed by atoms with Crippen molar-refractivity contribution in [2.24, 2.45) is 0 Å². The number of carboxylic acid groups (broad SMARTS) is 1. The summed E-state index contributed by atoms with van der Waals surface area (Å²) in [6.07, 6.45) is 10.7. The van der Waals surface area contributed by atoms with E-state index in [0.717, 1.165) is 51.4 Å². The third-order valence-electron chi connectivity index (χ3n) is 8.08. The van der Waals surface area contributed by atoms with Gasteiger partial charge >= 0.3 is 5.97 Å². The molecule has 7 heteroatoms. The number of halogens is 1. The molecular formula is C30H39FN2O4. The van der Waals surface area contributed by atoms with Gasteiger partial charge in [0.05, 0.1) is 12.2 Å². The van der Waals surface area contributed by atoms with Crippen LogP contribution in [0.25, 0.3) is 0 Å². The molecule has 3 heterocycles. The zero-order chi connectivity index (χ0) is 25.6. The van der Waals surface area contributed by atoms with E-state index in [9.17, 15) is 14.3 Å². The van der Waals surface area contributed by atoms with E-state index < -0.39 is 12.0 Å². The highest BCUT2D eigenvalue weighted by molar-refractivity contribution is 5.76. The van der Waals surface area contributed by atoms with Crippen LogP contribution in [0.3, 0.4) is 0 Å². The summed E-state index contributed by atoms with van der Waals surface area (Å²) in [5, 5.41) is 10.2. The Kier molecular flexibility index (Phi) is 8.85. The minimum absolute atomic E-state index is 0.00772. The van der Waals surface area contributed by atoms with E-state index in [2.05, 4.69) is 12.1 Å². The van der Waals surface area contributed by atoms with Crippen LogP contribution in [0.5, 0.6) is 0 Å². The van der Waals surface area contributed by atoms with Crippen molar-refractivity contribution in [3.63, 3.8) is 0 Å². The molecule has 3 atom stereocenters. The van der Waals surface area contributed by atoms with Crippen LogP contribution >= 0.6 is 0 Å². The second kappa shape index (κ2) is 12.5. The maximum atomic E-state index is 14.9. The first kappa shape index (κ1) is 26.3. The Morgan fingerprint density at radius 2 is 2.03 bits per heavy atom. The minimum Gasteiger partial charge on any atom is -0.480 e. The Labute approximate surface area is 219 Å². The van der Waals surface area contributed by atoms with Crippen molar-refractivity contribution in [1.29, 1.82) is 0 Å². The quantitative estimate of drug-likeness (QED) is 0.421. The Morgan fingerprint density at radius 1 is 1.14 bits per heavy atom. The number of pyridine rings is 1. The fraction of sp³-hybridized carbons (Fsp3) is 0.600. The van der Waals surface area contributed by atoms with Crippen LogP contribution in [0.2, 0.25) is 0 Å². The van der Waals surface area contributed by atoms with Crippen molar-refractivity contribution in [1.82, 2.24) is 9.88 Å². The number of carbonyl (C=O) groups is 1. The predicted octanol–water partition coefficient (Wildman–Crippen LogP) is 5.58. The molecule has 1 aliphatic carbocycles. The van der Waals surface area contributed by atoms with E-state index in [4.69, 9.17) is 14.5 Å². The van der Waals surface area contributed by atoms with Gasteiger partial charge in [-0.25, -0.2) is 4.39 Å². The molecule has 0 saturated carbocycles. The van der Waals surface area contributed by atoms with E-state index in [0.29, 0.717) is 43.9 Å². The molecule has 0 spiro atoms. The molecule has 37 heavy (non-hydrogen) atoms. The van der Waals surface area contributed by atoms with Gasteiger partial charge in [0.25, 0.3) is 0 Å². The van der Waals surface area contributed by atoms with Crippen LogP contribution < -0.4 is 0 Å². The highest BCUT2D eigenvalue weighted by atomic mass is 19.1. The normalized spacial score (nSPS) is 23.1. The van der Waals surface area contributed by atoms with Gasteiger partial charge in [-0.15, -0.1) is 0 Å². The van der Waals surface area contributed by atoms with E-state index in [1.165, 1.54) is 35.9 Å². The molecule has 1 aromatic carbocycles. The molecule has 2 aromatic rings. The summed E-state index contributed by atoms with van der Waals surface area (Å²) in [4.78, 5) is 19.2. The summed E-state index contributed by atoms with van der Waals surface area (Å²) < 4.78 is 26.9. The first-order valence-electron chi connectivity index (χ1n) is 14.1. The molecule has 1 aromatic heterocycles. The Hall–Kier alpha value is -2.35. The monoisotopic (exact) mass is 510 g/mol. The third kappa shape index (κ3) is 6.39. The van der Waals surface area contributed by atoms with Gasteiger partial charge in [-0.1, -0.05) is 18.2 Å². The number of fused-ring (bicyclic) bond motifs is 1. The lowest BCUT2D eigenvalue weighted by molar-refractivity contribution is -0.143. The van der Waals surface area contributed by atoms with Crippen LogP contribution in [0.4, 0.5) is 4.39 Å². The van der Waals surface area contributed by atoms with Gasteiger partial charge < -0.3 is 14.6 Å². The van der Waals surface area contributed by atoms with Gasteiger partial charge in [0.1, 0.15) is 11.9 Å². The number of nitrogens with zero attached hydrogens (tertiary/aromatic N) is 2. The summed E-state index contributed by atoms with van der Waals surface area (Å²) in [6.45, 7) is 2.38. The molecule has 2 aliphatic heterocycles. The van der Waals surface area contributed by atoms with Crippen LogP contribution in [0, 0.1) is 5.82 Å². The molecular weight excluding hydrogens is 471 g/mol. The Morgan fingerprint density at radius 3 is 2.86 bits per heavy atom. The lowest BCUT2D eigenvalue weighted by atomic mass is 9.91. The van der Waals surface area contributed by atoms with Crippen molar-refractivity contribution in [2.75, 3.05) is 26.3 Å². The highest BCUT2D eigenvalue weighted by Crippen LogP contribution is 2.37. The molecule has 0 radical (unpaired) electrons. The summed E-state index contributed by atoms with van der Waals surface area (Å²) >= 11 is 0. The Balaban J connectivity index is 1.13. The maximum Gasteiger partial charge on any atom is 0.325 e. The molecule has 5 rings (SSSR count). The van der Waals surface area contributed by atoms with Crippen LogP contribution in [-0.4, -0.2) is 53.4 Å². The molecule has 200 valence electrons. The summed E-state index contributed by atoms with van der Waals surface area (Å²) in [5.41, 5.74) is 4.80. The van der Waals surface area contributed by atoms with Crippen molar-refractivity contribution in [3.8, 4) is 0 Å². The molecule has 3 aliphatic rings. The first-order valence-corrected chi connectivity index (χ1v) is 14.1. The van der Waals surface area contributed by atoms with Crippen molar-refractivity contribution in [3.05, 3.63) is 64.2 Å². The van der Waals surface area contributed by atoms with Crippen LogP contribution in [0.15, 0.2) is 30.3 Å². The van der Waals surface area contributed by atoms with Crippen LogP contribution in [0.1, 0.15) is 91.6 Å². The largest absolute Gasteiger partial charge is 0.480 e. The molecule has 6 nitrogen and oxygen atoms in total. The van der Waals surface area contributed by atoms with Gasteiger partial charge in [-0.2, -0.15) is 0 Å². The number of likely N-dealkylation sites (tertiary alicyclic amines) is 1.